The van der Waals surface area contributed by atoms with E-state index in [2.05, 4.69) is 4.74 Å². The van der Waals surface area contributed by atoms with Gasteiger partial charge in [-0.15, -0.1) is 0 Å². The molecule has 0 bridgehead atoms. The van der Waals surface area contributed by atoms with Crippen LogP contribution in [-0.2, 0) is 14.3 Å². The van der Waals surface area contributed by atoms with Crippen molar-refractivity contribution >= 4 is 5.97 Å². The smallest absolute Gasteiger partial charge is 0.339 e. The Hall–Kier alpha value is -1.03. The Morgan fingerprint density at radius 2 is 2.08 bits per heavy atom. The fourth-order valence-corrected chi connectivity index (χ4v) is 0.585. The molecule has 4 heteroatoms. The normalized spacial score (nSPS) is 11.3. The van der Waals surface area contributed by atoms with Crippen molar-refractivity contribution < 1.29 is 19.4 Å². The predicted molar refractivity (Wildman–Crippen MR) is 43.8 cm³/mol. The van der Waals surface area contributed by atoms with Crippen LogP contribution in [0.4, 0.5) is 0 Å². The Balaban J connectivity index is 3.90. The van der Waals surface area contributed by atoms with Crippen LogP contribution in [0.3, 0.4) is 0 Å². The summed E-state index contributed by atoms with van der Waals surface area (Å²) >= 11 is 0. The Kier molecular flexibility index (Phi) is 6.09. The lowest BCUT2D eigenvalue weighted by Gasteiger charge is -2.04. The number of hydrogen-bond donors (Lipinski definition) is 1. The number of carbonyl (C=O) groups excluding carboxylic acids is 1. The summed E-state index contributed by atoms with van der Waals surface area (Å²) in [7, 11) is 0. The fourth-order valence-electron chi connectivity index (χ4n) is 0.585. The summed E-state index contributed by atoms with van der Waals surface area (Å²) in [6, 6.07) is 0. The second kappa shape index (κ2) is 6.67. The molecule has 0 heterocycles. The molecule has 0 aromatic heterocycles. The number of aliphatic hydroxyl groups excluding tert-OH is 1. The van der Waals surface area contributed by atoms with Gasteiger partial charge < -0.3 is 14.6 Å². The number of esters is 1. The van der Waals surface area contributed by atoms with Gasteiger partial charge >= 0.3 is 5.97 Å². The van der Waals surface area contributed by atoms with Gasteiger partial charge in [0.15, 0.2) is 0 Å². The van der Waals surface area contributed by atoms with Gasteiger partial charge in [0, 0.05) is 6.61 Å². The molecule has 0 rings (SSSR count). The van der Waals surface area contributed by atoms with E-state index >= 15 is 0 Å². The zero-order valence-electron chi connectivity index (χ0n) is 7.37. The van der Waals surface area contributed by atoms with E-state index in [9.17, 15) is 4.79 Å². The second-order valence-electron chi connectivity index (χ2n) is 2.01. The lowest BCUT2D eigenvalue weighted by Crippen LogP contribution is -2.12. The quantitative estimate of drug-likeness (QED) is 0.384. The summed E-state index contributed by atoms with van der Waals surface area (Å²) in [5.41, 5.74) is 0.138. The molecule has 1 N–H and O–H groups in total. The zero-order chi connectivity index (χ0) is 9.40. The highest BCUT2D eigenvalue weighted by Gasteiger charge is 2.09. The SMILES string of the molecule is CCOC/C(=C/O)C(=O)OCC. The third-order valence-electron chi connectivity index (χ3n) is 1.16. The van der Waals surface area contributed by atoms with Crippen LogP contribution < -0.4 is 0 Å². The van der Waals surface area contributed by atoms with E-state index in [1.165, 1.54) is 0 Å². The molecule has 0 unspecified atom stereocenters. The molecular formula is C8H14O4. The van der Waals surface area contributed by atoms with Crippen LogP contribution in [0.1, 0.15) is 13.8 Å². The van der Waals surface area contributed by atoms with E-state index in [0.717, 1.165) is 0 Å². The molecule has 12 heavy (non-hydrogen) atoms. The van der Waals surface area contributed by atoms with E-state index in [4.69, 9.17) is 9.84 Å². The number of carbonyl (C=O) groups is 1. The van der Waals surface area contributed by atoms with Crippen LogP contribution in [-0.4, -0.2) is 30.9 Å². The summed E-state index contributed by atoms with van der Waals surface area (Å²) in [6.07, 6.45) is 0.716. The first-order valence-corrected chi connectivity index (χ1v) is 3.84. The molecule has 0 fully saturated rings. The average molecular weight is 174 g/mol. The minimum Gasteiger partial charge on any atom is -0.515 e. The largest absolute Gasteiger partial charge is 0.515 e. The lowest BCUT2D eigenvalue weighted by atomic mass is 10.3. The number of aliphatic hydroxyl groups is 1. The molecule has 0 aromatic rings. The molecule has 0 aliphatic rings. The first kappa shape index (κ1) is 11.0. The topological polar surface area (TPSA) is 55.8 Å². The maximum absolute atomic E-state index is 10.9. The standard InChI is InChI=1S/C8H14O4/c1-3-11-6-7(5-9)8(10)12-4-2/h5,9H,3-4,6H2,1-2H3/b7-5-. The molecule has 70 valence electrons. The van der Waals surface area contributed by atoms with Crippen molar-refractivity contribution in [3.63, 3.8) is 0 Å². The van der Waals surface area contributed by atoms with Gasteiger partial charge in [-0.2, -0.15) is 0 Å². The minimum atomic E-state index is -0.534. The summed E-state index contributed by atoms with van der Waals surface area (Å²) in [5, 5.41) is 8.61. The summed E-state index contributed by atoms with van der Waals surface area (Å²) in [4.78, 5) is 10.9. The van der Waals surface area contributed by atoms with Crippen molar-refractivity contribution in [2.45, 2.75) is 13.8 Å². The van der Waals surface area contributed by atoms with E-state index in [1.54, 1.807) is 13.8 Å². The predicted octanol–water partition coefficient (Wildman–Crippen LogP) is 1.03. The molecule has 0 radical (unpaired) electrons. The monoisotopic (exact) mass is 174 g/mol. The number of ether oxygens (including phenoxy) is 2. The summed E-state index contributed by atoms with van der Waals surface area (Å²) in [6.45, 7) is 4.39. The number of hydrogen-bond acceptors (Lipinski definition) is 4. The first-order chi connectivity index (χ1) is 5.76. The van der Waals surface area contributed by atoms with Crippen LogP contribution >= 0.6 is 0 Å². The van der Waals surface area contributed by atoms with Gasteiger partial charge in [0.1, 0.15) is 0 Å². The highest BCUT2D eigenvalue weighted by molar-refractivity contribution is 5.88. The van der Waals surface area contributed by atoms with Crippen molar-refractivity contribution in [3.8, 4) is 0 Å². The molecule has 0 saturated heterocycles. The van der Waals surface area contributed by atoms with Gasteiger partial charge in [-0.05, 0) is 13.8 Å². The minimum absolute atomic E-state index is 0.0891. The van der Waals surface area contributed by atoms with Crippen LogP contribution in [0.2, 0.25) is 0 Å². The van der Waals surface area contributed by atoms with Gasteiger partial charge in [0.2, 0.25) is 0 Å². The van der Waals surface area contributed by atoms with Crippen LogP contribution in [0.25, 0.3) is 0 Å². The molecule has 0 aliphatic carbocycles. The molecule has 0 aliphatic heterocycles. The van der Waals surface area contributed by atoms with E-state index in [0.29, 0.717) is 19.5 Å². The molecule has 0 aromatic carbocycles. The van der Waals surface area contributed by atoms with E-state index in [-0.39, 0.29) is 12.2 Å². The molecule has 0 saturated carbocycles. The van der Waals surface area contributed by atoms with Crippen LogP contribution in [0, 0.1) is 0 Å². The van der Waals surface area contributed by atoms with Crippen molar-refractivity contribution in [2.24, 2.45) is 0 Å². The first-order valence-electron chi connectivity index (χ1n) is 3.84. The summed E-state index contributed by atoms with van der Waals surface area (Å²) in [5.74, 6) is -0.534. The lowest BCUT2D eigenvalue weighted by molar-refractivity contribution is -0.139. The van der Waals surface area contributed by atoms with Gasteiger partial charge in [-0.25, -0.2) is 4.79 Å². The van der Waals surface area contributed by atoms with E-state index < -0.39 is 5.97 Å². The van der Waals surface area contributed by atoms with Gasteiger partial charge in [0.25, 0.3) is 0 Å². The second-order valence-corrected chi connectivity index (χ2v) is 2.01. The molecule has 0 atom stereocenters. The highest BCUT2D eigenvalue weighted by Crippen LogP contribution is 1.97. The van der Waals surface area contributed by atoms with Crippen molar-refractivity contribution in [1.29, 1.82) is 0 Å². The molecule has 4 nitrogen and oxygen atoms in total. The Morgan fingerprint density at radius 3 is 2.50 bits per heavy atom. The third kappa shape index (κ3) is 3.98. The number of rotatable bonds is 5. The van der Waals surface area contributed by atoms with Crippen molar-refractivity contribution in [3.05, 3.63) is 11.8 Å². The van der Waals surface area contributed by atoms with Crippen LogP contribution in [0.5, 0.6) is 0 Å². The van der Waals surface area contributed by atoms with Crippen molar-refractivity contribution in [2.75, 3.05) is 19.8 Å². The van der Waals surface area contributed by atoms with Gasteiger partial charge in [0.05, 0.1) is 25.0 Å². The van der Waals surface area contributed by atoms with Gasteiger partial charge in [-0.1, -0.05) is 0 Å². The maximum Gasteiger partial charge on any atom is 0.339 e. The average Bonchev–Trinajstić information content (AvgIpc) is 2.06. The molecule has 0 amide bonds. The Bertz CT molecular complexity index is 162. The summed E-state index contributed by atoms with van der Waals surface area (Å²) < 4.78 is 9.57. The van der Waals surface area contributed by atoms with Crippen LogP contribution in [0.15, 0.2) is 11.8 Å². The Morgan fingerprint density at radius 1 is 1.42 bits per heavy atom. The molecule has 0 spiro atoms. The van der Waals surface area contributed by atoms with Crippen molar-refractivity contribution in [1.82, 2.24) is 0 Å². The highest BCUT2D eigenvalue weighted by atomic mass is 16.5. The molecular weight excluding hydrogens is 160 g/mol. The maximum atomic E-state index is 10.9. The van der Waals surface area contributed by atoms with E-state index in [1.807, 2.05) is 0 Å². The fraction of sp³-hybridized carbons (Fsp3) is 0.625. The zero-order valence-corrected chi connectivity index (χ0v) is 7.37. The third-order valence-corrected chi connectivity index (χ3v) is 1.16. The van der Waals surface area contributed by atoms with Gasteiger partial charge in [-0.3, -0.25) is 0 Å². The Labute approximate surface area is 71.8 Å².